The van der Waals surface area contributed by atoms with Crippen LogP contribution >= 0.6 is 11.8 Å². The first kappa shape index (κ1) is 15.5. The van der Waals surface area contributed by atoms with E-state index in [0.717, 1.165) is 11.3 Å². The van der Waals surface area contributed by atoms with Crippen LogP contribution in [0.25, 0.3) is 0 Å². The van der Waals surface area contributed by atoms with Gasteiger partial charge in [0.1, 0.15) is 0 Å². The molecule has 1 aromatic rings. The lowest BCUT2D eigenvalue weighted by Crippen LogP contribution is -2.32. The molecule has 0 heterocycles. The average molecular weight is 283 g/mol. The van der Waals surface area contributed by atoms with Gasteiger partial charge in [0.25, 0.3) is 5.69 Å². The van der Waals surface area contributed by atoms with Crippen molar-refractivity contribution in [1.29, 1.82) is 0 Å². The van der Waals surface area contributed by atoms with Crippen molar-refractivity contribution in [3.63, 3.8) is 0 Å². The molecule has 0 aliphatic rings. The van der Waals surface area contributed by atoms with Gasteiger partial charge in [-0.3, -0.25) is 14.9 Å². The molecule has 0 aromatic heterocycles. The van der Waals surface area contributed by atoms with E-state index in [1.165, 1.54) is 23.9 Å². The summed E-state index contributed by atoms with van der Waals surface area (Å²) in [5.74, 6) is -0.0585. The van der Waals surface area contributed by atoms with Crippen LogP contribution in [-0.2, 0) is 4.79 Å². The van der Waals surface area contributed by atoms with Gasteiger partial charge in [0.05, 0.1) is 10.2 Å². The molecule has 0 aliphatic heterocycles. The highest BCUT2D eigenvalue weighted by Gasteiger charge is 2.14. The van der Waals surface area contributed by atoms with Crippen molar-refractivity contribution in [2.75, 3.05) is 13.1 Å². The number of nitro groups is 1. The van der Waals surface area contributed by atoms with Crippen molar-refractivity contribution in [3.05, 3.63) is 34.4 Å². The Hall–Kier alpha value is -1.60. The van der Waals surface area contributed by atoms with Gasteiger partial charge < -0.3 is 11.1 Å². The molecule has 1 rings (SSSR count). The summed E-state index contributed by atoms with van der Waals surface area (Å²) in [6.45, 7) is 2.91. The van der Waals surface area contributed by atoms with E-state index in [4.69, 9.17) is 5.73 Å². The number of nitrogens with zero attached hydrogens (tertiary/aromatic N) is 1. The Kier molecular flexibility index (Phi) is 6.31. The van der Waals surface area contributed by atoms with Crippen LogP contribution in [0.15, 0.2) is 29.2 Å². The number of rotatable bonds is 7. The van der Waals surface area contributed by atoms with E-state index in [2.05, 4.69) is 5.32 Å². The van der Waals surface area contributed by atoms with Gasteiger partial charge in [-0.2, -0.15) is 0 Å². The summed E-state index contributed by atoms with van der Waals surface area (Å²) in [5, 5.41) is 13.0. The monoisotopic (exact) mass is 283 g/mol. The topological polar surface area (TPSA) is 98.3 Å². The highest BCUT2D eigenvalue weighted by Crippen LogP contribution is 2.25. The Bertz CT molecular complexity index is 436. The molecule has 0 bridgehead atoms. The third-order valence-electron chi connectivity index (χ3n) is 2.41. The fraction of sp³-hybridized carbons (Fsp3) is 0.417. The van der Waals surface area contributed by atoms with Gasteiger partial charge in [-0.25, -0.2) is 0 Å². The number of hydrogen-bond acceptors (Lipinski definition) is 5. The van der Waals surface area contributed by atoms with Gasteiger partial charge in [0, 0.05) is 23.6 Å². The first-order chi connectivity index (χ1) is 9.04. The predicted octanol–water partition coefficient (Wildman–Crippen LogP) is 1.54. The number of amides is 1. The number of thioether (sulfide) groups is 1. The highest BCUT2D eigenvalue weighted by atomic mass is 32.2. The van der Waals surface area contributed by atoms with Crippen molar-refractivity contribution in [1.82, 2.24) is 5.32 Å². The quantitative estimate of drug-likeness (QED) is 0.342. The molecule has 7 heteroatoms. The normalized spacial score (nSPS) is 11.9. The second-order valence-electron chi connectivity index (χ2n) is 3.94. The molecular formula is C12H17N3O3S. The zero-order valence-corrected chi connectivity index (χ0v) is 11.5. The maximum absolute atomic E-state index is 11.7. The second kappa shape index (κ2) is 7.75. The fourth-order valence-corrected chi connectivity index (χ4v) is 2.25. The van der Waals surface area contributed by atoms with E-state index in [0.29, 0.717) is 13.1 Å². The van der Waals surface area contributed by atoms with Crippen LogP contribution in [0.3, 0.4) is 0 Å². The van der Waals surface area contributed by atoms with Crippen molar-refractivity contribution < 1.29 is 9.72 Å². The summed E-state index contributed by atoms with van der Waals surface area (Å²) in [4.78, 5) is 22.6. The predicted molar refractivity (Wildman–Crippen MR) is 75.1 cm³/mol. The number of hydrogen-bond donors (Lipinski definition) is 2. The lowest BCUT2D eigenvalue weighted by Gasteiger charge is -2.11. The molecular weight excluding hydrogens is 266 g/mol. The van der Waals surface area contributed by atoms with Gasteiger partial charge in [-0.1, -0.05) is 0 Å². The molecule has 6 nitrogen and oxygen atoms in total. The number of carbonyl (C=O) groups excluding carboxylic acids is 1. The molecule has 1 unspecified atom stereocenters. The van der Waals surface area contributed by atoms with Crippen molar-refractivity contribution in [3.8, 4) is 0 Å². The number of non-ortho nitro benzene ring substituents is 1. The molecule has 0 saturated carbocycles. The van der Waals surface area contributed by atoms with E-state index in [1.807, 2.05) is 0 Å². The Labute approximate surface area is 115 Å². The minimum atomic E-state index is -0.447. The highest BCUT2D eigenvalue weighted by molar-refractivity contribution is 8.00. The van der Waals surface area contributed by atoms with Crippen molar-refractivity contribution in [2.24, 2.45) is 5.73 Å². The zero-order chi connectivity index (χ0) is 14.3. The third-order valence-corrected chi connectivity index (χ3v) is 3.52. The number of carbonyl (C=O) groups is 1. The van der Waals surface area contributed by atoms with Gasteiger partial charge in [0.15, 0.2) is 0 Å². The lowest BCUT2D eigenvalue weighted by atomic mass is 10.3. The van der Waals surface area contributed by atoms with Crippen molar-refractivity contribution >= 4 is 23.4 Å². The van der Waals surface area contributed by atoms with Crippen LogP contribution in [-0.4, -0.2) is 29.2 Å². The molecule has 1 atom stereocenters. The van der Waals surface area contributed by atoms with Gasteiger partial charge in [-0.05, 0) is 32.0 Å². The first-order valence-electron chi connectivity index (χ1n) is 5.93. The van der Waals surface area contributed by atoms with Crippen LogP contribution < -0.4 is 11.1 Å². The number of nitro benzene ring substituents is 1. The third kappa shape index (κ3) is 5.27. The molecule has 1 aromatic carbocycles. The molecule has 0 fully saturated rings. The van der Waals surface area contributed by atoms with E-state index < -0.39 is 4.92 Å². The Morgan fingerprint density at radius 3 is 2.63 bits per heavy atom. The molecule has 0 radical (unpaired) electrons. The maximum atomic E-state index is 11.7. The SMILES string of the molecule is CC(Sc1ccc([N+](=O)[O-])cc1)C(=O)NCCCN. The zero-order valence-electron chi connectivity index (χ0n) is 10.7. The van der Waals surface area contributed by atoms with Gasteiger partial charge >= 0.3 is 0 Å². The Balaban J connectivity index is 2.49. The Morgan fingerprint density at radius 1 is 1.47 bits per heavy atom. The standard InChI is InChI=1S/C12H17N3O3S/c1-9(12(16)14-8-2-7-13)19-11-5-3-10(4-6-11)15(17)18/h3-6,9H,2,7-8,13H2,1H3,(H,14,16). The summed E-state index contributed by atoms with van der Waals surface area (Å²) in [6, 6.07) is 6.15. The summed E-state index contributed by atoms with van der Waals surface area (Å²) in [7, 11) is 0. The van der Waals surface area contributed by atoms with E-state index >= 15 is 0 Å². The number of benzene rings is 1. The molecule has 19 heavy (non-hydrogen) atoms. The first-order valence-corrected chi connectivity index (χ1v) is 6.81. The molecule has 104 valence electrons. The fourth-order valence-electron chi connectivity index (χ4n) is 1.36. The smallest absolute Gasteiger partial charge is 0.269 e. The molecule has 0 spiro atoms. The number of nitrogens with one attached hydrogen (secondary N) is 1. The largest absolute Gasteiger partial charge is 0.355 e. The van der Waals surface area contributed by atoms with Crippen LogP contribution in [0.2, 0.25) is 0 Å². The van der Waals surface area contributed by atoms with Gasteiger partial charge in [0.2, 0.25) is 5.91 Å². The van der Waals surface area contributed by atoms with E-state index in [-0.39, 0.29) is 16.8 Å². The summed E-state index contributed by atoms with van der Waals surface area (Å²) < 4.78 is 0. The minimum absolute atomic E-state index is 0.0457. The average Bonchev–Trinajstić information content (AvgIpc) is 2.39. The van der Waals surface area contributed by atoms with Crippen LogP contribution in [0, 0.1) is 10.1 Å². The summed E-state index contributed by atoms with van der Waals surface area (Å²) in [5.41, 5.74) is 5.39. The van der Waals surface area contributed by atoms with Gasteiger partial charge in [-0.15, -0.1) is 11.8 Å². The van der Waals surface area contributed by atoms with Crippen LogP contribution in [0.5, 0.6) is 0 Å². The molecule has 1 amide bonds. The number of nitrogens with two attached hydrogens (primary N) is 1. The summed E-state index contributed by atoms with van der Waals surface area (Å²) >= 11 is 1.36. The molecule has 0 saturated heterocycles. The summed E-state index contributed by atoms with van der Waals surface area (Å²) in [6.07, 6.45) is 0.751. The molecule has 3 N–H and O–H groups in total. The van der Waals surface area contributed by atoms with E-state index in [9.17, 15) is 14.9 Å². The van der Waals surface area contributed by atoms with E-state index in [1.54, 1.807) is 19.1 Å². The maximum Gasteiger partial charge on any atom is 0.269 e. The van der Waals surface area contributed by atoms with Crippen molar-refractivity contribution in [2.45, 2.75) is 23.5 Å². The van der Waals surface area contributed by atoms with Crippen LogP contribution in [0.1, 0.15) is 13.3 Å². The lowest BCUT2D eigenvalue weighted by molar-refractivity contribution is -0.384. The minimum Gasteiger partial charge on any atom is -0.355 e. The Morgan fingerprint density at radius 2 is 2.11 bits per heavy atom. The second-order valence-corrected chi connectivity index (χ2v) is 5.36. The van der Waals surface area contributed by atoms with Crippen LogP contribution in [0.4, 0.5) is 5.69 Å². The molecule has 0 aliphatic carbocycles.